The highest BCUT2D eigenvalue weighted by Crippen LogP contribution is 2.23. The Balaban J connectivity index is 2.36. The second kappa shape index (κ2) is 9.23. The lowest BCUT2D eigenvalue weighted by Crippen LogP contribution is -2.36. The van der Waals surface area contributed by atoms with Crippen LogP contribution in [0.3, 0.4) is 0 Å². The Morgan fingerprint density at radius 3 is 2.48 bits per heavy atom. The van der Waals surface area contributed by atoms with E-state index in [0.717, 1.165) is 0 Å². The van der Waals surface area contributed by atoms with E-state index in [4.69, 9.17) is 9.47 Å². The van der Waals surface area contributed by atoms with E-state index < -0.39 is 5.97 Å². The normalized spacial score (nSPS) is 10.4. The van der Waals surface area contributed by atoms with Crippen molar-refractivity contribution >= 4 is 17.7 Å². The maximum Gasteiger partial charge on any atom is 0.354 e. The second-order valence-corrected chi connectivity index (χ2v) is 6.61. The Bertz CT molecular complexity index is 958. The molecule has 0 fully saturated rings. The number of ketones is 1. The van der Waals surface area contributed by atoms with Crippen molar-refractivity contribution in [1.29, 1.82) is 0 Å². The summed E-state index contributed by atoms with van der Waals surface area (Å²) < 4.78 is 11.6. The number of benzene rings is 1. The number of carbonyl (C=O) groups is 3. The van der Waals surface area contributed by atoms with Crippen molar-refractivity contribution < 1.29 is 23.9 Å². The summed E-state index contributed by atoms with van der Waals surface area (Å²) in [7, 11) is 4.52. The summed E-state index contributed by atoms with van der Waals surface area (Å²) in [6, 6.07) is 6.75. The van der Waals surface area contributed by atoms with Gasteiger partial charge in [-0.25, -0.2) is 4.79 Å². The van der Waals surface area contributed by atoms with E-state index in [-0.39, 0.29) is 24.8 Å². The fourth-order valence-electron chi connectivity index (χ4n) is 3.34. The molecule has 0 unspecified atom stereocenters. The van der Waals surface area contributed by atoms with Crippen LogP contribution in [-0.2, 0) is 11.8 Å². The maximum absolute atomic E-state index is 13.1. The van der Waals surface area contributed by atoms with Crippen molar-refractivity contribution in [3.8, 4) is 5.75 Å². The molecule has 2 aromatic rings. The fourth-order valence-corrected chi connectivity index (χ4v) is 3.34. The van der Waals surface area contributed by atoms with Gasteiger partial charge in [-0.2, -0.15) is 0 Å². The number of aromatic nitrogens is 1. The summed E-state index contributed by atoms with van der Waals surface area (Å²) in [5.41, 5.74) is 2.33. The SMILES string of the molecule is C=CCN(CC(=O)c1c(C)c(C(=O)OC)n(C)c1C)C(=O)c1cccc(OC)c1. The second-order valence-electron chi connectivity index (χ2n) is 6.61. The highest BCUT2D eigenvalue weighted by atomic mass is 16.5. The third-order valence-electron chi connectivity index (χ3n) is 4.88. The smallest absolute Gasteiger partial charge is 0.354 e. The zero-order chi connectivity index (χ0) is 21.7. The molecule has 7 heteroatoms. The van der Waals surface area contributed by atoms with Crippen LogP contribution >= 0.6 is 0 Å². The predicted molar refractivity (Wildman–Crippen MR) is 110 cm³/mol. The Morgan fingerprint density at radius 2 is 1.90 bits per heavy atom. The largest absolute Gasteiger partial charge is 0.497 e. The van der Waals surface area contributed by atoms with E-state index in [0.29, 0.717) is 33.8 Å². The summed E-state index contributed by atoms with van der Waals surface area (Å²) in [6.07, 6.45) is 1.57. The number of ether oxygens (including phenoxy) is 2. The van der Waals surface area contributed by atoms with Crippen LogP contribution in [0.1, 0.15) is 42.5 Å². The van der Waals surface area contributed by atoms with E-state index in [1.165, 1.54) is 19.1 Å². The minimum atomic E-state index is -0.512. The molecular weight excluding hydrogens is 372 g/mol. The van der Waals surface area contributed by atoms with Crippen LogP contribution in [0.25, 0.3) is 0 Å². The zero-order valence-corrected chi connectivity index (χ0v) is 17.4. The summed E-state index contributed by atoms with van der Waals surface area (Å²) in [5, 5.41) is 0. The maximum atomic E-state index is 13.1. The topological polar surface area (TPSA) is 77.8 Å². The van der Waals surface area contributed by atoms with Crippen molar-refractivity contribution in [3.63, 3.8) is 0 Å². The minimum Gasteiger partial charge on any atom is -0.497 e. The van der Waals surface area contributed by atoms with E-state index in [9.17, 15) is 14.4 Å². The molecule has 7 nitrogen and oxygen atoms in total. The van der Waals surface area contributed by atoms with Crippen LogP contribution in [0.4, 0.5) is 0 Å². The van der Waals surface area contributed by atoms with Gasteiger partial charge in [0.15, 0.2) is 5.78 Å². The molecule has 1 aromatic carbocycles. The molecule has 1 amide bonds. The number of amides is 1. The molecular formula is C22H26N2O5. The molecule has 1 aromatic heterocycles. The number of esters is 1. The van der Waals surface area contributed by atoms with Crippen LogP contribution in [0, 0.1) is 13.8 Å². The molecule has 154 valence electrons. The minimum absolute atomic E-state index is 0.144. The number of rotatable bonds is 8. The zero-order valence-electron chi connectivity index (χ0n) is 17.4. The van der Waals surface area contributed by atoms with Gasteiger partial charge in [0.1, 0.15) is 11.4 Å². The molecule has 0 atom stereocenters. The summed E-state index contributed by atoms with van der Waals surface area (Å²) in [6.45, 7) is 7.20. The average Bonchev–Trinajstić information content (AvgIpc) is 2.94. The third-order valence-corrected chi connectivity index (χ3v) is 4.88. The van der Waals surface area contributed by atoms with E-state index in [1.807, 2.05) is 0 Å². The van der Waals surface area contributed by atoms with Gasteiger partial charge in [-0.15, -0.1) is 6.58 Å². The van der Waals surface area contributed by atoms with E-state index in [1.54, 1.807) is 55.8 Å². The quantitative estimate of drug-likeness (QED) is 0.388. The molecule has 2 rings (SSSR count). The van der Waals surface area contributed by atoms with E-state index >= 15 is 0 Å². The number of carbonyl (C=O) groups excluding carboxylic acids is 3. The molecule has 0 aliphatic carbocycles. The van der Waals surface area contributed by atoms with Gasteiger partial charge in [-0.1, -0.05) is 12.1 Å². The number of nitrogens with zero attached hydrogens (tertiary/aromatic N) is 2. The highest BCUT2D eigenvalue weighted by molar-refractivity contribution is 6.06. The van der Waals surface area contributed by atoms with Gasteiger partial charge in [-0.05, 0) is 37.6 Å². The van der Waals surface area contributed by atoms with Crippen molar-refractivity contribution in [2.24, 2.45) is 7.05 Å². The Labute approximate surface area is 170 Å². The first-order chi connectivity index (χ1) is 13.8. The summed E-state index contributed by atoms with van der Waals surface area (Å²) in [4.78, 5) is 39.5. The lowest BCUT2D eigenvalue weighted by molar-refractivity contribution is 0.0588. The lowest BCUT2D eigenvalue weighted by Gasteiger charge is -2.21. The molecule has 0 saturated heterocycles. The van der Waals surface area contributed by atoms with Gasteiger partial charge in [0, 0.05) is 30.4 Å². The van der Waals surface area contributed by atoms with Crippen LogP contribution in [0.5, 0.6) is 5.75 Å². The van der Waals surface area contributed by atoms with E-state index in [2.05, 4.69) is 6.58 Å². The molecule has 0 aliphatic heterocycles. The average molecular weight is 398 g/mol. The Kier molecular flexibility index (Phi) is 6.98. The highest BCUT2D eigenvalue weighted by Gasteiger charge is 2.27. The molecule has 0 spiro atoms. The lowest BCUT2D eigenvalue weighted by atomic mass is 10.0. The van der Waals surface area contributed by atoms with Gasteiger partial charge < -0.3 is 18.9 Å². The monoisotopic (exact) mass is 398 g/mol. The number of methoxy groups -OCH3 is 2. The first-order valence-electron chi connectivity index (χ1n) is 9.08. The van der Waals surface area contributed by atoms with Crippen molar-refractivity contribution in [2.75, 3.05) is 27.3 Å². The Morgan fingerprint density at radius 1 is 1.21 bits per heavy atom. The number of Topliss-reactive ketones (excluding diaryl/α,β-unsaturated/α-hetero) is 1. The molecule has 0 bridgehead atoms. The van der Waals surface area contributed by atoms with Crippen LogP contribution in [0.2, 0.25) is 0 Å². The first kappa shape index (κ1) is 21.9. The van der Waals surface area contributed by atoms with Crippen LogP contribution in [0.15, 0.2) is 36.9 Å². The predicted octanol–water partition coefficient (Wildman–Crippen LogP) is 2.95. The molecule has 1 heterocycles. The van der Waals surface area contributed by atoms with Crippen LogP contribution in [-0.4, -0.2) is 54.4 Å². The van der Waals surface area contributed by atoms with Gasteiger partial charge in [0.2, 0.25) is 0 Å². The summed E-state index contributed by atoms with van der Waals surface area (Å²) in [5.74, 6) is -0.527. The molecule has 0 radical (unpaired) electrons. The van der Waals surface area contributed by atoms with Gasteiger partial charge >= 0.3 is 5.97 Å². The van der Waals surface area contributed by atoms with Gasteiger partial charge in [0.25, 0.3) is 5.91 Å². The third kappa shape index (κ3) is 4.39. The van der Waals surface area contributed by atoms with Gasteiger partial charge in [-0.3, -0.25) is 9.59 Å². The van der Waals surface area contributed by atoms with Crippen molar-refractivity contribution in [2.45, 2.75) is 13.8 Å². The molecule has 29 heavy (non-hydrogen) atoms. The molecule has 0 aliphatic rings. The van der Waals surface area contributed by atoms with Crippen LogP contribution < -0.4 is 4.74 Å². The van der Waals surface area contributed by atoms with Crippen molar-refractivity contribution in [1.82, 2.24) is 9.47 Å². The van der Waals surface area contributed by atoms with Crippen molar-refractivity contribution in [3.05, 3.63) is 65.0 Å². The fraction of sp³-hybridized carbons (Fsp3) is 0.318. The molecule has 0 N–H and O–H groups in total. The number of hydrogen-bond donors (Lipinski definition) is 0. The van der Waals surface area contributed by atoms with Gasteiger partial charge in [0.05, 0.1) is 20.8 Å². The first-order valence-corrected chi connectivity index (χ1v) is 9.08. The summed E-state index contributed by atoms with van der Waals surface area (Å²) >= 11 is 0. The standard InChI is InChI=1S/C22H26N2O5/c1-7-11-24(21(26)16-9-8-10-17(12-16)28-5)13-18(25)19-14(2)20(22(27)29-6)23(4)15(19)3/h7-10,12H,1,11,13H2,2-6H3. The number of hydrogen-bond acceptors (Lipinski definition) is 5. The Hall–Kier alpha value is -3.35. The molecule has 0 saturated carbocycles.